The van der Waals surface area contributed by atoms with Gasteiger partial charge in [-0.3, -0.25) is 14.4 Å². The van der Waals surface area contributed by atoms with Gasteiger partial charge in [-0.25, -0.2) is 0 Å². The van der Waals surface area contributed by atoms with Gasteiger partial charge in [-0.05, 0) is 44.7 Å². The van der Waals surface area contributed by atoms with E-state index in [4.69, 9.17) is 0 Å². The number of nitrogens with one attached hydrogen (secondary N) is 2. The number of carbonyl (C=O) groups excluding carboxylic acids is 3. The predicted octanol–water partition coefficient (Wildman–Crippen LogP) is 2.04. The molecule has 0 spiro atoms. The van der Waals surface area contributed by atoms with Crippen LogP contribution in [0.25, 0.3) is 0 Å². The highest BCUT2D eigenvalue weighted by molar-refractivity contribution is 5.93. The molecule has 1 heterocycles. The minimum absolute atomic E-state index is 0.00476. The molecule has 0 unspecified atom stereocenters. The van der Waals surface area contributed by atoms with E-state index in [2.05, 4.69) is 10.6 Å². The average molecular weight is 427 g/mol. The zero-order valence-corrected chi connectivity index (χ0v) is 18.5. The molecule has 1 saturated carbocycles. The summed E-state index contributed by atoms with van der Waals surface area (Å²) < 4.78 is 0. The Balaban J connectivity index is 1.66. The Morgan fingerprint density at radius 2 is 1.81 bits per heavy atom. The summed E-state index contributed by atoms with van der Waals surface area (Å²) in [5.41, 5.74) is 1.17. The van der Waals surface area contributed by atoms with Crippen LogP contribution in [-0.4, -0.2) is 59.7 Å². The maximum atomic E-state index is 13.3. The standard InChI is InChI=1S/C24H34N4O3/c1-18(25-2)23(30)26-22(20-11-7-4-8-12-20)24(31)28-16-15-27(21(29)17-28)14-13-19-9-5-3-6-10-19/h3,5-6,9-10,15-16,18,20,22,25H,4,7-8,11-14,17H2,1-2H3,(H,26,30)/t18-,22-/m0/s1. The van der Waals surface area contributed by atoms with Crippen LogP contribution in [0, 0.1) is 5.92 Å². The van der Waals surface area contributed by atoms with Crippen molar-refractivity contribution in [3.05, 3.63) is 48.3 Å². The Morgan fingerprint density at radius 1 is 1.10 bits per heavy atom. The van der Waals surface area contributed by atoms with Crippen molar-refractivity contribution in [3.8, 4) is 0 Å². The lowest BCUT2D eigenvalue weighted by molar-refractivity contribution is -0.142. The molecule has 31 heavy (non-hydrogen) atoms. The fourth-order valence-corrected chi connectivity index (χ4v) is 4.21. The molecule has 1 aromatic carbocycles. The molecular formula is C24H34N4O3. The largest absolute Gasteiger partial charge is 0.343 e. The highest BCUT2D eigenvalue weighted by Crippen LogP contribution is 2.28. The first-order valence-corrected chi connectivity index (χ1v) is 11.3. The van der Waals surface area contributed by atoms with E-state index in [1.165, 1.54) is 10.5 Å². The van der Waals surface area contributed by atoms with E-state index < -0.39 is 6.04 Å². The fourth-order valence-electron chi connectivity index (χ4n) is 4.21. The minimum atomic E-state index is -0.600. The number of likely N-dealkylation sites (N-methyl/N-ethyl adjacent to an activating group) is 1. The van der Waals surface area contributed by atoms with E-state index in [1.807, 2.05) is 30.3 Å². The van der Waals surface area contributed by atoms with Crippen molar-refractivity contribution in [1.29, 1.82) is 0 Å². The van der Waals surface area contributed by atoms with Crippen LogP contribution in [0.4, 0.5) is 0 Å². The second-order valence-corrected chi connectivity index (χ2v) is 8.48. The molecule has 0 aromatic heterocycles. The number of nitrogens with zero attached hydrogens (tertiary/aromatic N) is 2. The number of hydrogen-bond donors (Lipinski definition) is 2. The third kappa shape index (κ3) is 6.17. The highest BCUT2D eigenvalue weighted by atomic mass is 16.2. The molecule has 0 bridgehead atoms. The lowest BCUT2D eigenvalue weighted by Gasteiger charge is -2.35. The first kappa shape index (κ1) is 23.0. The summed E-state index contributed by atoms with van der Waals surface area (Å²) in [7, 11) is 1.72. The van der Waals surface area contributed by atoms with Gasteiger partial charge in [0.2, 0.25) is 17.7 Å². The molecular weight excluding hydrogens is 392 g/mol. The van der Waals surface area contributed by atoms with Crippen LogP contribution < -0.4 is 10.6 Å². The number of carbonyl (C=O) groups is 3. The van der Waals surface area contributed by atoms with Crippen LogP contribution >= 0.6 is 0 Å². The van der Waals surface area contributed by atoms with Crippen LogP contribution in [0.3, 0.4) is 0 Å². The lowest BCUT2D eigenvalue weighted by atomic mass is 9.83. The smallest absolute Gasteiger partial charge is 0.249 e. The van der Waals surface area contributed by atoms with Gasteiger partial charge in [0.05, 0.1) is 6.04 Å². The van der Waals surface area contributed by atoms with Gasteiger partial charge in [0, 0.05) is 18.9 Å². The van der Waals surface area contributed by atoms with E-state index in [0.717, 1.165) is 38.5 Å². The van der Waals surface area contributed by atoms with Crippen molar-refractivity contribution in [2.45, 2.75) is 57.5 Å². The third-order valence-electron chi connectivity index (χ3n) is 6.33. The molecule has 7 nitrogen and oxygen atoms in total. The summed E-state index contributed by atoms with van der Waals surface area (Å²) in [6, 6.07) is 9.03. The second-order valence-electron chi connectivity index (χ2n) is 8.48. The van der Waals surface area contributed by atoms with Gasteiger partial charge in [0.1, 0.15) is 12.6 Å². The molecule has 2 N–H and O–H groups in total. The first-order chi connectivity index (χ1) is 15.0. The van der Waals surface area contributed by atoms with E-state index in [0.29, 0.717) is 6.54 Å². The van der Waals surface area contributed by atoms with E-state index in [1.54, 1.807) is 31.3 Å². The Morgan fingerprint density at radius 3 is 2.45 bits per heavy atom. The zero-order valence-electron chi connectivity index (χ0n) is 18.5. The molecule has 2 atom stereocenters. The van der Waals surface area contributed by atoms with Crippen molar-refractivity contribution >= 4 is 17.7 Å². The van der Waals surface area contributed by atoms with Crippen LogP contribution in [-0.2, 0) is 20.8 Å². The van der Waals surface area contributed by atoms with Gasteiger partial charge in [-0.1, -0.05) is 49.6 Å². The van der Waals surface area contributed by atoms with Gasteiger partial charge < -0.3 is 20.4 Å². The SMILES string of the molecule is CN[C@@H](C)C(=O)N[C@H](C(=O)N1C=CN(CCc2ccccc2)C(=O)C1)C1CCCCC1. The predicted molar refractivity (Wildman–Crippen MR) is 120 cm³/mol. The van der Waals surface area contributed by atoms with Crippen molar-refractivity contribution < 1.29 is 14.4 Å². The van der Waals surface area contributed by atoms with Crippen molar-refractivity contribution in [3.63, 3.8) is 0 Å². The maximum absolute atomic E-state index is 13.3. The van der Waals surface area contributed by atoms with Crippen molar-refractivity contribution in [2.24, 2.45) is 5.92 Å². The van der Waals surface area contributed by atoms with Gasteiger partial charge >= 0.3 is 0 Å². The summed E-state index contributed by atoms with van der Waals surface area (Å²) in [5, 5.41) is 5.88. The number of hydrogen-bond acceptors (Lipinski definition) is 4. The fraction of sp³-hybridized carbons (Fsp3) is 0.542. The zero-order chi connectivity index (χ0) is 22.2. The number of rotatable bonds is 8. The lowest BCUT2D eigenvalue weighted by Crippen LogP contribution is -2.56. The number of benzene rings is 1. The summed E-state index contributed by atoms with van der Waals surface area (Å²) in [4.78, 5) is 41.7. The van der Waals surface area contributed by atoms with Gasteiger partial charge in [-0.2, -0.15) is 0 Å². The molecule has 3 rings (SSSR count). The van der Waals surface area contributed by atoms with Crippen molar-refractivity contribution in [2.75, 3.05) is 20.1 Å². The second kappa shape index (κ2) is 11.1. The quantitative estimate of drug-likeness (QED) is 0.667. The Kier molecular flexibility index (Phi) is 8.23. The molecule has 3 amide bonds. The molecule has 1 aliphatic carbocycles. The first-order valence-electron chi connectivity index (χ1n) is 11.3. The molecule has 2 aliphatic rings. The average Bonchev–Trinajstić information content (AvgIpc) is 2.81. The molecule has 1 aromatic rings. The van der Waals surface area contributed by atoms with Crippen LogP contribution in [0.1, 0.15) is 44.6 Å². The molecule has 7 heteroatoms. The molecule has 168 valence electrons. The summed E-state index contributed by atoms with van der Waals surface area (Å²) in [5.74, 6) is -0.392. The number of amides is 3. The van der Waals surface area contributed by atoms with E-state index in [9.17, 15) is 14.4 Å². The van der Waals surface area contributed by atoms with Gasteiger partial charge in [0.15, 0.2) is 0 Å². The normalized spacial score (nSPS) is 19.2. The maximum Gasteiger partial charge on any atom is 0.249 e. The van der Waals surface area contributed by atoms with Crippen LogP contribution in [0.15, 0.2) is 42.7 Å². The molecule has 0 radical (unpaired) electrons. The molecule has 0 saturated heterocycles. The van der Waals surface area contributed by atoms with Gasteiger partial charge in [-0.15, -0.1) is 0 Å². The Labute approximate surface area is 184 Å². The highest BCUT2D eigenvalue weighted by Gasteiger charge is 2.36. The Bertz CT molecular complexity index is 789. The Hall–Kier alpha value is -2.67. The monoisotopic (exact) mass is 426 g/mol. The summed E-state index contributed by atoms with van der Waals surface area (Å²) in [6.07, 6.45) is 9.24. The summed E-state index contributed by atoms with van der Waals surface area (Å²) in [6.45, 7) is 2.35. The van der Waals surface area contributed by atoms with Crippen LogP contribution in [0.5, 0.6) is 0 Å². The van der Waals surface area contributed by atoms with E-state index in [-0.39, 0.29) is 36.2 Å². The molecule has 1 fully saturated rings. The summed E-state index contributed by atoms with van der Waals surface area (Å²) >= 11 is 0. The van der Waals surface area contributed by atoms with Gasteiger partial charge in [0.25, 0.3) is 0 Å². The van der Waals surface area contributed by atoms with Crippen molar-refractivity contribution in [1.82, 2.24) is 20.4 Å². The topological polar surface area (TPSA) is 81.8 Å². The van der Waals surface area contributed by atoms with E-state index >= 15 is 0 Å². The third-order valence-corrected chi connectivity index (χ3v) is 6.33. The van der Waals surface area contributed by atoms with Crippen LogP contribution in [0.2, 0.25) is 0 Å². The molecule has 1 aliphatic heterocycles. The minimum Gasteiger partial charge on any atom is -0.343 e.